The first kappa shape index (κ1) is 14.4. The zero-order chi connectivity index (χ0) is 15.0. The van der Waals surface area contributed by atoms with E-state index in [2.05, 4.69) is 15.9 Å². The van der Waals surface area contributed by atoms with Crippen LogP contribution >= 0.6 is 27.5 Å². The molecule has 21 heavy (non-hydrogen) atoms. The lowest BCUT2D eigenvalue weighted by molar-refractivity contribution is 0.0847. The number of halogens is 2. The van der Waals surface area contributed by atoms with Crippen molar-refractivity contribution >= 4 is 33.3 Å². The molecule has 0 amide bonds. The summed E-state index contributed by atoms with van der Waals surface area (Å²) >= 11 is 9.65. The maximum atomic E-state index is 12.3. The van der Waals surface area contributed by atoms with Crippen molar-refractivity contribution < 1.29 is 14.3 Å². The number of methoxy groups -OCH3 is 1. The average Bonchev–Trinajstić information content (AvgIpc) is 2.46. The summed E-state index contributed by atoms with van der Waals surface area (Å²) in [5.41, 5.74) is 1.31. The summed E-state index contributed by atoms with van der Waals surface area (Å²) in [6.45, 7) is 0. The molecule has 0 saturated heterocycles. The molecule has 1 aliphatic rings. The lowest BCUT2D eigenvalue weighted by Gasteiger charge is -2.27. The molecule has 1 atom stereocenters. The van der Waals surface area contributed by atoms with E-state index in [0.717, 1.165) is 4.47 Å². The van der Waals surface area contributed by atoms with Crippen LogP contribution in [0.15, 0.2) is 40.9 Å². The van der Waals surface area contributed by atoms with Gasteiger partial charge < -0.3 is 9.47 Å². The van der Waals surface area contributed by atoms with E-state index in [1.165, 1.54) is 0 Å². The summed E-state index contributed by atoms with van der Waals surface area (Å²) in [6, 6.07) is 10.8. The summed E-state index contributed by atoms with van der Waals surface area (Å²) in [5, 5.41) is 0.533. The van der Waals surface area contributed by atoms with Crippen molar-refractivity contribution in [2.75, 3.05) is 7.11 Å². The second kappa shape index (κ2) is 5.70. The number of Topliss-reactive ketones (excluding diaryl/α,β-unsaturated/α-hetero) is 1. The molecule has 0 fully saturated rings. The fraction of sp³-hybridized carbons (Fsp3) is 0.188. The van der Waals surface area contributed by atoms with Crippen molar-refractivity contribution in [1.29, 1.82) is 0 Å². The molecule has 5 heteroatoms. The molecule has 0 bridgehead atoms. The molecule has 0 radical (unpaired) electrons. The van der Waals surface area contributed by atoms with Gasteiger partial charge in [0.25, 0.3) is 0 Å². The Morgan fingerprint density at radius 3 is 2.90 bits per heavy atom. The SMILES string of the molecule is COc1cccc(Cl)c1C1CC(=O)c2ccc(Br)cc2O1. The van der Waals surface area contributed by atoms with Gasteiger partial charge in [-0.3, -0.25) is 4.79 Å². The van der Waals surface area contributed by atoms with Crippen LogP contribution in [-0.2, 0) is 0 Å². The highest BCUT2D eigenvalue weighted by molar-refractivity contribution is 9.10. The molecule has 0 aliphatic carbocycles. The van der Waals surface area contributed by atoms with Gasteiger partial charge in [0.15, 0.2) is 5.78 Å². The summed E-state index contributed by atoms with van der Waals surface area (Å²) in [4.78, 5) is 12.3. The smallest absolute Gasteiger partial charge is 0.170 e. The number of carbonyl (C=O) groups is 1. The van der Waals surface area contributed by atoms with Crippen LogP contribution in [0.5, 0.6) is 11.5 Å². The van der Waals surface area contributed by atoms with Gasteiger partial charge in [0, 0.05) is 4.47 Å². The molecule has 2 aromatic rings. The fourth-order valence-electron chi connectivity index (χ4n) is 2.47. The zero-order valence-corrected chi connectivity index (χ0v) is 13.6. The van der Waals surface area contributed by atoms with Gasteiger partial charge in [-0.1, -0.05) is 33.6 Å². The minimum absolute atomic E-state index is 0.0377. The van der Waals surface area contributed by atoms with Crippen LogP contribution in [-0.4, -0.2) is 12.9 Å². The Balaban J connectivity index is 2.05. The molecule has 3 rings (SSSR count). The second-order valence-corrected chi connectivity index (χ2v) is 6.05. The number of fused-ring (bicyclic) bond motifs is 1. The van der Waals surface area contributed by atoms with Crippen LogP contribution < -0.4 is 9.47 Å². The number of rotatable bonds is 2. The molecule has 0 N–H and O–H groups in total. The lowest BCUT2D eigenvalue weighted by Crippen LogP contribution is -2.21. The van der Waals surface area contributed by atoms with Crippen molar-refractivity contribution in [2.45, 2.75) is 12.5 Å². The van der Waals surface area contributed by atoms with Gasteiger partial charge in [0.2, 0.25) is 0 Å². The van der Waals surface area contributed by atoms with Gasteiger partial charge in [-0.2, -0.15) is 0 Å². The molecular formula is C16H12BrClO3. The van der Waals surface area contributed by atoms with Crippen LogP contribution in [0.3, 0.4) is 0 Å². The Kier molecular flexibility index (Phi) is 3.91. The summed E-state index contributed by atoms with van der Waals surface area (Å²) in [6.07, 6.45) is -0.197. The minimum atomic E-state index is -0.442. The number of ether oxygens (including phenoxy) is 2. The van der Waals surface area contributed by atoms with Crippen LogP contribution in [0.25, 0.3) is 0 Å². The predicted molar refractivity (Wildman–Crippen MR) is 84.5 cm³/mol. The quantitative estimate of drug-likeness (QED) is 0.763. The Morgan fingerprint density at radius 1 is 1.33 bits per heavy atom. The molecule has 0 aromatic heterocycles. The third-order valence-corrected chi connectivity index (χ3v) is 4.26. The molecule has 1 unspecified atom stereocenters. The van der Waals surface area contributed by atoms with Gasteiger partial charge in [-0.25, -0.2) is 0 Å². The van der Waals surface area contributed by atoms with E-state index in [-0.39, 0.29) is 12.2 Å². The average molecular weight is 368 g/mol. The standard InChI is InChI=1S/C16H12BrClO3/c1-20-13-4-2-3-11(18)16(13)15-8-12(19)10-6-5-9(17)7-14(10)21-15/h2-7,15H,8H2,1H3. The number of carbonyl (C=O) groups excluding carboxylic acids is 1. The van der Waals surface area contributed by atoms with Crippen molar-refractivity contribution in [3.8, 4) is 11.5 Å². The first-order valence-corrected chi connectivity index (χ1v) is 7.59. The Bertz CT molecular complexity index is 715. The molecule has 108 valence electrons. The predicted octanol–water partition coefficient (Wildman–Crippen LogP) is 4.82. The molecule has 2 aromatic carbocycles. The highest BCUT2D eigenvalue weighted by Gasteiger charge is 2.31. The van der Waals surface area contributed by atoms with Gasteiger partial charge in [0.1, 0.15) is 17.6 Å². The van der Waals surface area contributed by atoms with Crippen LogP contribution in [0, 0.1) is 0 Å². The molecule has 1 heterocycles. The number of hydrogen-bond donors (Lipinski definition) is 0. The number of hydrogen-bond acceptors (Lipinski definition) is 3. The lowest BCUT2D eigenvalue weighted by atomic mass is 9.96. The van der Waals surface area contributed by atoms with E-state index < -0.39 is 6.10 Å². The van der Waals surface area contributed by atoms with E-state index in [1.54, 1.807) is 31.4 Å². The van der Waals surface area contributed by atoms with Crippen LogP contribution in [0.1, 0.15) is 28.4 Å². The first-order valence-electron chi connectivity index (χ1n) is 6.42. The second-order valence-electron chi connectivity index (χ2n) is 4.73. The van der Waals surface area contributed by atoms with Gasteiger partial charge in [0.05, 0.1) is 29.7 Å². The topological polar surface area (TPSA) is 35.5 Å². The summed E-state index contributed by atoms with van der Waals surface area (Å²) in [5.74, 6) is 1.22. The van der Waals surface area contributed by atoms with E-state index in [1.807, 2.05) is 12.1 Å². The van der Waals surface area contributed by atoms with E-state index in [9.17, 15) is 4.79 Å². The number of benzene rings is 2. The normalized spacial score (nSPS) is 17.1. The van der Waals surface area contributed by atoms with Gasteiger partial charge in [-0.15, -0.1) is 0 Å². The Labute approximate surface area is 136 Å². The van der Waals surface area contributed by atoms with Crippen molar-refractivity contribution in [2.24, 2.45) is 0 Å². The third-order valence-electron chi connectivity index (χ3n) is 3.44. The van der Waals surface area contributed by atoms with Crippen LogP contribution in [0.4, 0.5) is 0 Å². The summed E-state index contributed by atoms with van der Waals surface area (Å²) in [7, 11) is 1.57. The van der Waals surface area contributed by atoms with Crippen molar-refractivity contribution in [3.05, 3.63) is 57.0 Å². The maximum absolute atomic E-state index is 12.3. The van der Waals surface area contributed by atoms with E-state index >= 15 is 0 Å². The first-order chi connectivity index (χ1) is 10.1. The van der Waals surface area contributed by atoms with Gasteiger partial charge in [-0.05, 0) is 30.3 Å². The monoisotopic (exact) mass is 366 g/mol. The Hall–Kier alpha value is -1.52. The van der Waals surface area contributed by atoms with E-state index in [0.29, 0.717) is 27.6 Å². The molecular weight excluding hydrogens is 356 g/mol. The Morgan fingerprint density at radius 2 is 2.14 bits per heavy atom. The molecule has 3 nitrogen and oxygen atoms in total. The largest absolute Gasteiger partial charge is 0.496 e. The highest BCUT2D eigenvalue weighted by atomic mass is 79.9. The number of ketones is 1. The highest BCUT2D eigenvalue weighted by Crippen LogP contribution is 2.41. The third kappa shape index (κ3) is 2.65. The van der Waals surface area contributed by atoms with Crippen molar-refractivity contribution in [3.63, 3.8) is 0 Å². The molecule has 0 saturated carbocycles. The zero-order valence-electron chi connectivity index (χ0n) is 11.2. The van der Waals surface area contributed by atoms with E-state index in [4.69, 9.17) is 21.1 Å². The fourth-order valence-corrected chi connectivity index (χ4v) is 3.09. The van der Waals surface area contributed by atoms with Crippen LogP contribution in [0.2, 0.25) is 5.02 Å². The van der Waals surface area contributed by atoms with Gasteiger partial charge >= 0.3 is 0 Å². The maximum Gasteiger partial charge on any atom is 0.170 e. The minimum Gasteiger partial charge on any atom is -0.496 e. The van der Waals surface area contributed by atoms with Crippen molar-refractivity contribution in [1.82, 2.24) is 0 Å². The summed E-state index contributed by atoms with van der Waals surface area (Å²) < 4.78 is 12.2. The molecule has 0 spiro atoms. The molecule has 1 aliphatic heterocycles.